The van der Waals surface area contributed by atoms with Crippen LogP contribution in [-0.2, 0) is 6.42 Å². The summed E-state index contributed by atoms with van der Waals surface area (Å²) < 4.78 is 0.588. The second-order valence-electron chi connectivity index (χ2n) is 4.75. The maximum absolute atomic E-state index is 6.02. The molecule has 1 heterocycles. The molecule has 104 valence electrons. The van der Waals surface area contributed by atoms with Gasteiger partial charge in [0.05, 0.1) is 0 Å². The zero-order chi connectivity index (χ0) is 14.7. The van der Waals surface area contributed by atoms with E-state index in [4.69, 9.17) is 23.8 Å². The van der Waals surface area contributed by atoms with Crippen LogP contribution in [0.1, 0.15) is 11.4 Å². The fraction of sp³-hybridized carbons (Fsp3) is 0.0588. The molecule has 2 aromatic carbocycles. The van der Waals surface area contributed by atoms with Crippen molar-refractivity contribution in [2.24, 2.45) is 0 Å². The molecule has 1 aromatic heterocycles. The highest BCUT2D eigenvalue weighted by Crippen LogP contribution is 2.18. The Labute approximate surface area is 133 Å². The summed E-state index contributed by atoms with van der Waals surface area (Å²) in [6.45, 7) is 0. The largest absolute Gasteiger partial charge is 0.343 e. The van der Waals surface area contributed by atoms with Gasteiger partial charge in [0, 0.05) is 17.1 Å². The van der Waals surface area contributed by atoms with E-state index >= 15 is 0 Å². The smallest absolute Gasteiger partial charge is 0.130 e. The molecule has 0 bridgehead atoms. The number of benzene rings is 2. The highest BCUT2D eigenvalue weighted by molar-refractivity contribution is 7.71. The summed E-state index contributed by atoms with van der Waals surface area (Å²) in [4.78, 5) is 7.75. The van der Waals surface area contributed by atoms with E-state index in [9.17, 15) is 0 Å². The van der Waals surface area contributed by atoms with Crippen LogP contribution in [0.4, 0.5) is 0 Å². The van der Waals surface area contributed by atoms with E-state index in [1.165, 1.54) is 0 Å². The van der Waals surface area contributed by atoms with Crippen LogP contribution in [0.2, 0.25) is 5.02 Å². The number of nitrogens with zero attached hydrogens (tertiary/aromatic N) is 1. The van der Waals surface area contributed by atoms with E-state index in [-0.39, 0.29) is 0 Å². The fourth-order valence-corrected chi connectivity index (χ4v) is 2.65. The highest BCUT2D eigenvalue weighted by atomic mass is 35.5. The van der Waals surface area contributed by atoms with E-state index in [2.05, 4.69) is 9.97 Å². The summed E-state index contributed by atoms with van der Waals surface area (Å²) in [6, 6.07) is 19.7. The lowest BCUT2D eigenvalue weighted by molar-refractivity contribution is 0.964. The van der Waals surface area contributed by atoms with Crippen LogP contribution in [0.5, 0.6) is 0 Å². The van der Waals surface area contributed by atoms with Gasteiger partial charge in [0.2, 0.25) is 0 Å². The van der Waals surface area contributed by atoms with E-state index in [0.29, 0.717) is 11.1 Å². The van der Waals surface area contributed by atoms with Gasteiger partial charge < -0.3 is 4.98 Å². The molecule has 4 heteroatoms. The normalized spacial score (nSPS) is 10.5. The molecule has 0 spiro atoms. The predicted molar refractivity (Wildman–Crippen MR) is 89.1 cm³/mol. The second kappa shape index (κ2) is 6.20. The molecule has 0 radical (unpaired) electrons. The molecule has 0 amide bonds. The molecule has 0 aliphatic heterocycles. The number of rotatable bonds is 3. The SMILES string of the molecule is S=c1cc(-c2ccccc2)[nH]c(Cc2cccc(Cl)c2)n1. The lowest BCUT2D eigenvalue weighted by Crippen LogP contribution is -1.98. The number of hydrogen-bond acceptors (Lipinski definition) is 2. The number of aromatic amines is 1. The molecule has 21 heavy (non-hydrogen) atoms. The van der Waals surface area contributed by atoms with Crippen LogP contribution < -0.4 is 0 Å². The molecular formula is C17H13ClN2S. The Balaban J connectivity index is 1.97. The molecule has 0 atom stereocenters. The van der Waals surface area contributed by atoms with Crippen molar-refractivity contribution in [3.8, 4) is 11.3 Å². The van der Waals surface area contributed by atoms with Crippen LogP contribution in [-0.4, -0.2) is 9.97 Å². The van der Waals surface area contributed by atoms with Gasteiger partial charge in [-0.25, -0.2) is 4.98 Å². The monoisotopic (exact) mass is 312 g/mol. The Bertz CT molecular complexity index is 812. The van der Waals surface area contributed by atoms with Crippen LogP contribution in [0.3, 0.4) is 0 Å². The van der Waals surface area contributed by atoms with Crippen LogP contribution >= 0.6 is 23.8 Å². The maximum atomic E-state index is 6.02. The molecule has 3 aromatic rings. The summed E-state index contributed by atoms with van der Waals surface area (Å²) in [5.41, 5.74) is 3.18. The first-order valence-corrected chi connectivity index (χ1v) is 7.39. The summed E-state index contributed by atoms with van der Waals surface area (Å²) in [5, 5.41) is 0.727. The van der Waals surface area contributed by atoms with Gasteiger partial charge >= 0.3 is 0 Å². The highest BCUT2D eigenvalue weighted by Gasteiger charge is 2.03. The van der Waals surface area contributed by atoms with E-state index in [1.54, 1.807) is 0 Å². The zero-order valence-corrected chi connectivity index (χ0v) is 12.8. The standard InChI is InChI=1S/C17H13ClN2S/c18-14-8-4-5-12(9-14)10-16-19-15(11-17(21)20-16)13-6-2-1-3-7-13/h1-9,11H,10H2,(H,19,20,21). The molecule has 0 saturated heterocycles. The van der Waals surface area contributed by atoms with Gasteiger partial charge in [-0.3, -0.25) is 0 Å². The minimum Gasteiger partial charge on any atom is -0.343 e. The third-order valence-corrected chi connectivity index (χ3v) is 3.58. The van der Waals surface area contributed by atoms with E-state index in [1.807, 2.05) is 60.7 Å². The van der Waals surface area contributed by atoms with E-state index in [0.717, 1.165) is 27.7 Å². The number of nitrogens with one attached hydrogen (secondary N) is 1. The topological polar surface area (TPSA) is 28.7 Å². The van der Waals surface area contributed by atoms with Crippen molar-refractivity contribution in [1.82, 2.24) is 9.97 Å². The Morgan fingerprint density at radius 2 is 1.81 bits per heavy atom. The minimum absolute atomic E-state index is 0.588. The predicted octanol–water partition coefficient (Wildman–Crippen LogP) is 5.05. The summed E-state index contributed by atoms with van der Waals surface area (Å²) in [6.07, 6.45) is 0.672. The third-order valence-electron chi connectivity index (χ3n) is 3.14. The first-order valence-electron chi connectivity index (χ1n) is 6.61. The summed E-state index contributed by atoms with van der Waals surface area (Å²) in [7, 11) is 0. The average Bonchev–Trinajstić information content (AvgIpc) is 2.47. The number of H-pyrrole nitrogens is 1. The molecule has 3 rings (SSSR count). The number of aromatic nitrogens is 2. The molecule has 0 unspecified atom stereocenters. The molecule has 2 nitrogen and oxygen atoms in total. The van der Waals surface area contributed by atoms with Crippen molar-refractivity contribution in [3.05, 3.63) is 81.7 Å². The molecule has 1 N–H and O–H groups in total. The molecule has 0 aliphatic carbocycles. The quantitative estimate of drug-likeness (QED) is 0.685. The third kappa shape index (κ3) is 3.57. The van der Waals surface area contributed by atoms with Crippen LogP contribution in [0, 0.1) is 4.64 Å². The molecule has 0 fully saturated rings. The van der Waals surface area contributed by atoms with Gasteiger partial charge in [0.25, 0.3) is 0 Å². The zero-order valence-electron chi connectivity index (χ0n) is 11.2. The second-order valence-corrected chi connectivity index (χ2v) is 5.61. The number of halogens is 1. The lowest BCUT2D eigenvalue weighted by Gasteiger charge is -2.06. The van der Waals surface area contributed by atoms with Crippen molar-refractivity contribution < 1.29 is 0 Å². The van der Waals surface area contributed by atoms with Gasteiger partial charge in [-0.2, -0.15) is 0 Å². The van der Waals surface area contributed by atoms with Crippen molar-refractivity contribution >= 4 is 23.8 Å². The Hall–Kier alpha value is -1.97. The van der Waals surface area contributed by atoms with Crippen molar-refractivity contribution in [2.45, 2.75) is 6.42 Å². The van der Waals surface area contributed by atoms with Crippen LogP contribution in [0.15, 0.2) is 60.7 Å². The molecule has 0 aliphatic rings. The summed E-state index contributed by atoms with van der Waals surface area (Å²) >= 11 is 11.3. The number of hydrogen-bond donors (Lipinski definition) is 1. The minimum atomic E-state index is 0.588. The fourth-order valence-electron chi connectivity index (χ4n) is 2.21. The van der Waals surface area contributed by atoms with Gasteiger partial charge in [0.1, 0.15) is 10.5 Å². The lowest BCUT2D eigenvalue weighted by atomic mass is 10.1. The average molecular weight is 313 g/mol. The Kier molecular flexibility index (Phi) is 4.13. The van der Waals surface area contributed by atoms with Crippen molar-refractivity contribution in [1.29, 1.82) is 0 Å². The Morgan fingerprint density at radius 3 is 2.57 bits per heavy atom. The van der Waals surface area contributed by atoms with Gasteiger partial charge in [-0.15, -0.1) is 0 Å². The molecular weight excluding hydrogens is 300 g/mol. The Morgan fingerprint density at radius 1 is 1.00 bits per heavy atom. The van der Waals surface area contributed by atoms with Gasteiger partial charge in [0.15, 0.2) is 0 Å². The maximum Gasteiger partial charge on any atom is 0.130 e. The first-order chi connectivity index (χ1) is 10.2. The first kappa shape index (κ1) is 14.0. The van der Waals surface area contributed by atoms with Gasteiger partial charge in [-0.1, -0.05) is 66.3 Å². The van der Waals surface area contributed by atoms with Crippen molar-refractivity contribution in [2.75, 3.05) is 0 Å². The van der Waals surface area contributed by atoms with E-state index < -0.39 is 0 Å². The summed E-state index contributed by atoms with van der Waals surface area (Å²) in [5.74, 6) is 0.837. The van der Waals surface area contributed by atoms with Crippen molar-refractivity contribution in [3.63, 3.8) is 0 Å². The van der Waals surface area contributed by atoms with Crippen LogP contribution in [0.25, 0.3) is 11.3 Å². The van der Waals surface area contributed by atoms with Gasteiger partial charge in [-0.05, 0) is 29.3 Å². The molecule has 0 saturated carbocycles.